The first kappa shape index (κ1) is 13.9. The Morgan fingerprint density at radius 2 is 1.82 bits per heavy atom. The maximum atomic E-state index is 12.0. The number of ether oxygens (including phenoxy) is 1. The van der Waals surface area contributed by atoms with Crippen molar-refractivity contribution in [3.05, 3.63) is 0 Å². The van der Waals surface area contributed by atoms with Crippen molar-refractivity contribution in [1.29, 1.82) is 0 Å². The van der Waals surface area contributed by atoms with Gasteiger partial charge in [-0.3, -0.25) is 0 Å². The SMILES string of the molecule is CC(F)OCC[N+](C)(C)C.[Br-]. The number of halogens is 2. The third kappa shape index (κ3) is 13.3. The van der Waals surface area contributed by atoms with E-state index in [2.05, 4.69) is 0 Å². The van der Waals surface area contributed by atoms with Gasteiger partial charge in [-0.05, 0) is 6.92 Å². The lowest BCUT2D eigenvalue weighted by Crippen LogP contribution is -3.00. The fourth-order valence-electron chi connectivity index (χ4n) is 0.489. The van der Waals surface area contributed by atoms with E-state index >= 15 is 0 Å². The van der Waals surface area contributed by atoms with Gasteiger partial charge < -0.3 is 26.2 Å². The van der Waals surface area contributed by atoms with Crippen LogP contribution in [0.15, 0.2) is 0 Å². The third-order valence-electron chi connectivity index (χ3n) is 1.11. The van der Waals surface area contributed by atoms with Gasteiger partial charge in [0.2, 0.25) is 0 Å². The first-order chi connectivity index (χ1) is 4.42. The number of rotatable bonds is 4. The Hall–Kier alpha value is 0.330. The predicted octanol–water partition coefficient (Wildman–Crippen LogP) is -1.97. The van der Waals surface area contributed by atoms with Crippen molar-refractivity contribution in [2.45, 2.75) is 13.3 Å². The highest BCUT2D eigenvalue weighted by Gasteiger charge is 2.07. The molecule has 0 spiro atoms. The van der Waals surface area contributed by atoms with Crippen LogP contribution in [0, 0.1) is 0 Å². The van der Waals surface area contributed by atoms with Crippen molar-refractivity contribution in [3.63, 3.8) is 0 Å². The highest BCUT2D eigenvalue weighted by Crippen LogP contribution is 1.94. The second-order valence-corrected chi connectivity index (χ2v) is 3.43. The van der Waals surface area contributed by atoms with Crippen LogP contribution in [0.1, 0.15) is 6.92 Å². The summed E-state index contributed by atoms with van der Waals surface area (Å²) in [7, 11) is 6.14. The van der Waals surface area contributed by atoms with Crippen LogP contribution in [0.2, 0.25) is 0 Å². The Kier molecular flexibility index (Phi) is 7.47. The predicted molar refractivity (Wildman–Crippen MR) is 39.4 cm³/mol. The number of quaternary nitrogens is 1. The van der Waals surface area contributed by atoms with E-state index in [1.54, 1.807) is 0 Å². The molecule has 0 aromatic heterocycles. The summed E-state index contributed by atoms with van der Waals surface area (Å²) in [6, 6.07) is 0. The van der Waals surface area contributed by atoms with Crippen molar-refractivity contribution in [2.75, 3.05) is 34.3 Å². The van der Waals surface area contributed by atoms with Crippen LogP contribution >= 0.6 is 0 Å². The van der Waals surface area contributed by atoms with Gasteiger partial charge in [-0.25, -0.2) is 4.39 Å². The first-order valence-corrected chi connectivity index (χ1v) is 3.48. The third-order valence-corrected chi connectivity index (χ3v) is 1.11. The molecule has 4 heteroatoms. The minimum atomic E-state index is -1.13. The van der Waals surface area contributed by atoms with Gasteiger partial charge in [0.15, 0.2) is 6.36 Å². The summed E-state index contributed by atoms with van der Waals surface area (Å²) in [4.78, 5) is 0. The monoisotopic (exact) mass is 229 g/mol. The zero-order valence-corrected chi connectivity index (χ0v) is 9.19. The summed E-state index contributed by atoms with van der Waals surface area (Å²) in [5.41, 5.74) is 0. The molecule has 70 valence electrons. The molecule has 11 heavy (non-hydrogen) atoms. The maximum absolute atomic E-state index is 12.0. The molecule has 0 bridgehead atoms. The number of nitrogens with zero attached hydrogens (tertiary/aromatic N) is 1. The van der Waals surface area contributed by atoms with Crippen molar-refractivity contribution in [1.82, 2.24) is 0 Å². The minimum Gasteiger partial charge on any atom is -1.00 e. The largest absolute Gasteiger partial charge is 1.00 e. The maximum Gasteiger partial charge on any atom is 0.196 e. The number of hydrogen-bond acceptors (Lipinski definition) is 1. The fourth-order valence-corrected chi connectivity index (χ4v) is 0.489. The van der Waals surface area contributed by atoms with Gasteiger partial charge in [0.05, 0.1) is 27.7 Å². The Balaban J connectivity index is 0. The molecule has 0 amide bonds. The van der Waals surface area contributed by atoms with E-state index in [4.69, 9.17) is 4.74 Å². The molecule has 0 aliphatic carbocycles. The quantitative estimate of drug-likeness (QED) is 0.509. The Bertz CT molecular complexity index is 92.9. The number of alkyl halides is 1. The van der Waals surface area contributed by atoms with Crippen LogP contribution in [-0.2, 0) is 4.74 Å². The fraction of sp³-hybridized carbons (Fsp3) is 1.00. The zero-order valence-electron chi connectivity index (χ0n) is 7.60. The molecule has 0 heterocycles. The lowest BCUT2D eigenvalue weighted by molar-refractivity contribution is -0.870. The molecule has 0 fully saturated rings. The second-order valence-electron chi connectivity index (χ2n) is 3.43. The van der Waals surface area contributed by atoms with Gasteiger partial charge in [-0.2, -0.15) is 0 Å². The van der Waals surface area contributed by atoms with Gasteiger partial charge >= 0.3 is 0 Å². The molecule has 0 aromatic carbocycles. The molecule has 0 aliphatic rings. The highest BCUT2D eigenvalue weighted by molar-refractivity contribution is 4.29. The molecular weight excluding hydrogens is 213 g/mol. The van der Waals surface area contributed by atoms with Crippen molar-refractivity contribution in [2.24, 2.45) is 0 Å². The van der Waals surface area contributed by atoms with Crippen LogP contribution in [0.25, 0.3) is 0 Å². The standard InChI is InChI=1S/C7H17FNO.BrH/c1-7(8)10-6-5-9(2,3)4;/h7H,5-6H2,1-4H3;1H/q+1;/p-1. The molecule has 0 N–H and O–H groups in total. The summed E-state index contributed by atoms with van der Waals surface area (Å²) in [6.07, 6.45) is -1.13. The first-order valence-electron chi connectivity index (χ1n) is 3.48. The average Bonchev–Trinajstić information content (AvgIpc) is 1.59. The molecule has 0 saturated carbocycles. The lowest BCUT2D eigenvalue weighted by Gasteiger charge is -2.23. The van der Waals surface area contributed by atoms with Gasteiger partial charge in [0.25, 0.3) is 0 Å². The summed E-state index contributed by atoms with van der Waals surface area (Å²) < 4.78 is 17.6. The summed E-state index contributed by atoms with van der Waals surface area (Å²) in [5.74, 6) is 0. The molecule has 0 rings (SSSR count). The van der Waals surface area contributed by atoms with E-state index in [1.807, 2.05) is 21.1 Å². The average molecular weight is 230 g/mol. The molecule has 0 radical (unpaired) electrons. The zero-order chi connectivity index (χ0) is 8.20. The normalized spacial score (nSPS) is 13.9. The van der Waals surface area contributed by atoms with Gasteiger partial charge in [-0.1, -0.05) is 0 Å². The smallest absolute Gasteiger partial charge is 0.196 e. The van der Waals surface area contributed by atoms with Crippen LogP contribution in [0.4, 0.5) is 4.39 Å². The molecule has 0 saturated heterocycles. The van der Waals surface area contributed by atoms with Gasteiger partial charge in [0.1, 0.15) is 6.54 Å². The van der Waals surface area contributed by atoms with E-state index in [0.717, 1.165) is 11.0 Å². The topological polar surface area (TPSA) is 9.23 Å². The highest BCUT2D eigenvalue weighted by atomic mass is 79.9. The van der Waals surface area contributed by atoms with Crippen molar-refractivity contribution in [3.8, 4) is 0 Å². The molecule has 2 nitrogen and oxygen atoms in total. The number of hydrogen-bond donors (Lipinski definition) is 0. The molecule has 0 aliphatic heterocycles. The van der Waals surface area contributed by atoms with E-state index in [1.165, 1.54) is 6.92 Å². The van der Waals surface area contributed by atoms with E-state index in [0.29, 0.717) is 6.61 Å². The van der Waals surface area contributed by atoms with Crippen LogP contribution in [0.5, 0.6) is 0 Å². The summed E-state index contributed by atoms with van der Waals surface area (Å²) in [6.45, 7) is 2.73. The van der Waals surface area contributed by atoms with E-state index in [-0.39, 0.29) is 17.0 Å². The second kappa shape index (κ2) is 5.91. The number of likely N-dealkylation sites (N-methyl/N-ethyl adjacent to an activating group) is 1. The van der Waals surface area contributed by atoms with Gasteiger partial charge in [-0.15, -0.1) is 0 Å². The summed E-state index contributed by atoms with van der Waals surface area (Å²) in [5, 5.41) is 0. The van der Waals surface area contributed by atoms with E-state index < -0.39 is 6.36 Å². The van der Waals surface area contributed by atoms with Crippen LogP contribution < -0.4 is 17.0 Å². The van der Waals surface area contributed by atoms with Crippen LogP contribution in [-0.4, -0.2) is 45.1 Å². The molecular formula is C7H17BrFNO. The van der Waals surface area contributed by atoms with Crippen molar-refractivity contribution >= 4 is 0 Å². The lowest BCUT2D eigenvalue weighted by atomic mass is 10.5. The Labute approximate surface area is 78.7 Å². The molecule has 1 unspecified atom stereocenters. The molecule has 0 aromatic rings. The van der Waals surface area contributed by atoms with E-state index in [9.17, 15) is 4.39 Å². The Morgan fingerprint density at radius 1 is 1.36 bits per heavy atom. The van der Waals surface area contributed by atoms with Crippen LogP contribution in [0.3, 0.4) is 0 Å². The van der Waals surface area contributed by atoms with Gasteiger partial charge in [0, 0.05) is 0 Å². The Morgan fingerprint density at radius 3 is 2.09 bits per heavy atom. The molecule has 1 atom stereocenters. The summed E-state index contributed by atoms with van der Waals surface area (Å²) >= 11 is 0. The minimum absolute atomic E-state index is 0. The van der Waals surface area contributed by atoms with Crippen molar-refractivity contribution < 1.29 is 30.6 Å².